The van der Waals surface area contributed by atoms with Crippen molar-refractivity contribution in [2.24, 2.45) is 5.92 Å². The zero-order valence-corrected chi connectivity index (χ0v) is 16.3. The van der Waals surface area contributed by atoms with Crippen LogP contribution >= 0.6 is 24.8 Å². The molecule has 134 valence electrons. The molecule has 1 fully saturated rings. The lowest BCUT2D eigenvalue weighted by atomic mass is 9.99. The van der Waals surface area contributed by atoms with Gasteiger partial charge in [-0.3, -0.25) is 9.69 Å². The number of hydrogen-bond donors (Lipinski definition) is 2. The van der Waals surface area contributed by atoms with Crippen molar-refractivity contribution in [3.8, 4) is 0 Å². The van der Waals surface area contributed by atoms with Crippen LogP contribution in [0.2, 0.25) is 0 Å². The van der Waals surface area contributed by atoms with Crippen molar-refractivity contribution in [2.75, 3.05) is 33.2 Å². The molecule has 0 aromatic carbocycles. The highest BCUT2D eigenvalue weighted by Crippen LogP contribution is 2.20. The van der Waals surface area contributed by atoms with E-state index in [1.807, 2.05) is 14.0 Å². The summed E-state index contributed by atoms with van der Waals surface area (Å²) in [6, 6.07) is 0. The maximum atomic E-state index is 12.0. The number of amides is 1. The van der Waals surface area contributed by atoms with Crippen LogP contribution in [-0.4, -0.2) is 61.8 Å². The van der Waals surface area contributed by atoms with Gasteiger partial charge in [0.25, 0.3) is 0 Å². The number of halogens is 2. The van der Waals surface area contributed by atoms with E-state index in [0.29, 0.717) is 13.1 Å². The molecular formula is C15H33Cl2N3O2. The summed E-state index contributed by atoms with van der Waals surface area (Å²) >= 11 is 0. The number of carbonyl (C=O) groups excluding carboxylic acids is 1. The van der Waals surface area contributed by atoms with Crippen LogP contribution < -0.4 is 10.6 Å². The molecule has 22 heavy (non-hydrogen) atoms. The highest BCUT2D eigenvalue weighted by Gasteiger charge is 2.33. The molecule has 1 saturated heterocycles. The summed E-state index contributed by atoms with van der Waals surface area (Å²) < 4.78 is 5.77. The van der Waals surface area contributed by atoms with Gasteiger partial charge in [0.05, 0.1) is 12.2 Å². The lowest BCUT2D eigenvalue weighted by molar-refractivity contribution is -0.126. The molecule has 0 aromatic rings. The molecule has 0 spiro atoms. The van der Waals surface area contributed by atoms with Crippen molar-refractivity contribution in [1.29, 1.82) is 0 Å². The quantitative estimate of drug-likeness (QED) is 0.759. The van der Waals surface area contributed by atoms with E-state index in [9.17, 15) is 4.79 Å². The van der Waals surface area contributed by atoms with E-state index in [2.05, 4.69) is 43.2 Å². The smallest absolute Gasteiger partial charge is 0.224 e. The van der Waals surface area contributed by atoms with Gasteiger partial charge in [-0.05, 0) is 34.7 Å². The number of ether oxygens (including phenoxy) is 1. The minimum absolute atomic E-state index is 0. The Morgan fingerprint density at radius 2 is 1.77 bits per heavy atom. The molecule has 1 amide bonds. The molecule has 1 aliphatic rings. The Hall–Kier alpha value is -0.0700. The molecule has 5 nitrogen and oxygen atoms in total. The van der Waals surface area contributed by atoms with Gasteiger partial charge in [0.1, 0.15) is 0 Å². The van der Waals surface area contributed by atoms with Crippen molar-refractivity contribution in [3.63, 3.8) is 0 Å². The molecular weight excluding hydrogens is 325 g/mol. The van der Waals surface area contributed by atoms with Gasteiger partial charge in [0.15, 0.2) is 0 Å². The fraction of sp³-hybridized carbons (Fsp3) is 0.933. The largest absolute Gasteiger partial charge is 0.373 e. The highest BCUT2D eigenvalue weighted by atomic mass is 35.5. The van der Waals surface area contributed by atoms with E-state index in [1.165, 1.54) is 0 Å². The Bertz CT molecular complexity index is 320. The maximum Gasteiger partial charge on any atom is 0.224 e. The van der Waals surface area contributed by atoms with Crippen LogP contribution in [0.5, 0.6) is 0 Å². The number of carbonyl (C=O) groups is 1. The third-order valence-electron chi connectivity index (χ3n) is 3.93. The second-order valence-electron chi connectivity index (χ2n) is 6.65. The second kappa shape index (κ2) is 10.7. The van der Waals surface area contributed by atoms with E-state index < -0.39 is 0 Å². The van der Waals surface area contributed by atoms with Gasteiger partial charge < -0.3 is 15.4 Å². The number of nitrogens with zero attached hydrogens (tertiary/aromatic N) is 1. The van der Waals surface area contributed by atoms with E-state index >= 15 is 0 Å². The zero-order chi connectivity index (χ0) is 15.3. The van der Waals surface area contributed by atoms with Crippen molar-refractivity contribution in [1.82, 2.24) is 15.5 Å². The van der Waals surface area contributed by atoms with E-state index in [4.69, 9.17) is 4.74 Å². The molecule has 0 radical (unpaired) electrons. The van der Waals surface area contributed by atoms with Gasteiger partial charge >= 0.3 is 0 Å². The summed E-state index contributed by atoms with van der Waals surface area (Å²) in [4.78, 5) is 14.4. The standard InChI is InChI=1S/C15H31N3O2.2ClH/c1-11(7-16-6)14(19)17-10-15(4,5)18-8-12(2)20-13(3)9-18;;/h11-13,16H,7-10H2,1-6H3,(H,17,19);2*1H. The molecule has 1 heterocycles. The predicted molar refractivity (Wildman–Crippen MR) is 96.3 cm³/mol. The highest BCUT2D eigenvalue weighted by molar-refractivity contribution is 5.85. The average molecular weight is 358 g/mol. The number of morpholine rings is 1. The Balaban J connectivity index is 0. The van der Waals surface area contributed by atoms with Crippen LogP contribution in [0.15, 0.2) is 0 Å². The Kier molecular flexibility index (Phi) is 11.7. The van der Waals surface area contributed by atoms with Crippen LogP contribution in [0.4, 0.5) is 0 Å². The molecule has 0 saturated carbocycles. The SMILES string of the molecule is CNCC(C)C(=O)NCC(C)(C)N1CC(C)OC(C)C1.Cl.Cl. The predicted octanol–water partition coefficient (Wildman–Crippen LogP) is 1.69. The number of nitrogens with one attached hydrogen (secondary N) is 2. The van der Waals surface area contributed by atoms with Crippen LogP contribution in [0, 0.1) is 5.92 Å². The first-order valence-corrected chi connectivity index (χ1v) is 7.59. The van der Waals surface area contributed by atoms with Gasteiger partial charge in [-0.2, -0.15) is 0 Å². The van der Waals surface area contributed by atoms with Crippen molar-refractivity contribution in [2.45, 2.75) is 52.4 Å². The van der Waals surface area contributed by atoms with Crippen molar-refractivity contribution < 1.29 is 9.53 Å². The van der Waals surface area contributed by atoms with Crippen molar-refractivity contribution in [3.05, 3.63) is 0 Å². The fourth-order valence-corrected chi connectivity index (χ4v) is 2.66. The summed E-state index contributed by atoms with van der Waals surface area (Å²) in [5.74, 6) is 0.111. The molecule has 3 atom stereocenters. The first-order valence-electron chi connectivity index (χ1n) is 7.59. The molecule has 0 bridgehead atoms. The first-order chi connectivity index (χ1) is 9.26. The molecule has 7 heteroatoms. The maximum absolute atomic E-state index is 12.0. The van der Waals surface area contributed by atoms with Crippen LogP contribution in [0.1, 0.15) is 34.6 Å². The first kappa shape index (κ1) is 24.2. The van der Waals surface area contributed by atoms with Gasteiger partial charge in [-0.25, -0.2) is 0 Å². The minimum atomic E-state index is -0.0542. The van der Waals surface area contributed by atoms with Gasteiger partial charge in [0, 0.05) is 37.6 Å². The van der Waals surface area contributed by atoms with E-state index in [0.717, 1.165) is 13.1 Å². The molecule has 1 rings (SSSR count). The summed E-state index contributed by atoms with van der Waals surface area (Å²) in [7, 11) is 1.87. The number of hydrogen-bond acceptors (Lipinski definition) is 4. The van der Waals surface area contributed by atoms with E-state index in [-0.39, 0.29) is 54.4 Å². The Morgan fingerprint density at radius 1 is 1.27 bits per heavy atom. The lowest BCUT2D eigenvalue weighted by Crippen LogP contribution is -2.59. The van der Waals surface area contributed by atoms with Gasteiger partial charge in [0.2, 0.25) is 5.91 Å². The van der Waals surface area contributed by atoms with Crippen LogP contribution in [0.3, 0.4) is 0 Å². The monoisotopic (exact) mass is 357 g/mol. The van der Waals surface area contributed by atoms with Gasteiger partial charge in [-0.1, -0.05) is 6.92 Å². The summed E-state index contributed by atoms with van der Waals surface area (Å²) in [5, 5.41) is 6.11. The fourth-order valence-electron chi connectivity index (χ4n) is 2.66. The summed E-state index contributed by atoms with van der Waals surface area (Å²) in [6.45, 7) is 13.7. The summed E-state index contributed by atoms with van der Waals surface area (Å²) in [5.41, 5.74) is -0.0542. The number of rotatable bonds is 6. The van der Waals surface area contributed by atoms with E-state index in [1.54, 1.807) is 0 Å². The molecule has 3 unspecified atom stereocenters. The molecule has 0 aromatic heterocycles. The van der Waals surface area contributed by atoms with Gasteiger partial charge in [-0.15, -0.1) is 24.8 Å². The van der Waals surface area contributed by atoms with Crippen LogP contribution in [-0.2, 0) is 9.53 Å². The topological polar surface area (TPSA) is 53.6 Å². The lowest BCUT2D eigenvalue weighted by Gasteiger charge is -2.45. The van der Waals surface area contributed by atoms with Crippen molar-refractivity contribution >= 4 is 30.7 Å². The Labute approximate surface area is 147 Å². The normalized spacial score (nSPS) is 23.9. The zero-order valence-electron chi connectivity index (χ0n) is 14.6. The molecule has 2 N–H and O–H groups in total. The Morgan fingerprint density at radius 3 is 2.23 bits per heavy atom. The molecule has 0 aliphatic carbocycles. The average Bonchev–Trinajstić information content (AvgIpc) is 2.35. The van der Waals surface area contributed by atoms with Crippen LogP contribution in [0.25, 0.3) is 0 Å². The summed E-state index contributed by atoms with van der Waals surface area (Å²) in [6.07, 6.45) is 0.494. The third kappa shape index (κ3) is 7.47. The molecule has 1 aliphatic heterocycles. The second-order valence-corrected chi connectivity index (χ2v) is 6.65. The minimum Gasteiger partial charge on any atom is -0.373 e. The third-order valence-corrected chi connectivity index (χ3v) is 3.93.